The lowest BCUT2D eigenvalue weighted by Crippen LogP contribution is -2.45. The van der Waals surface area contributed by atoms with Gasteiger partial charge in [0.2, 0.25) is 0 Å². The number of rotatable bonds is 4. The van der Waals surface area contributed by atoms with Gasteiger partial charge in [0.25, 0.3) is 5.91 Å². The van der Waals surface area contributed by atoms with Gasteiger partial charge < -0.3 is 14.7 Å². The van der Waals surface area contributed by atoms with E-state index in [-0.39, 0.29) is 18.2 Å². The van der Waals surface area contributed by atoms with Gasteiger partial charge in [-0.25, -0.2) is 0 Å². The normalized spacial score (nSPS) is 15.9. The second-order valence-corrected chi connectivity index (χ2v) is 7.66. The molecule has 1 amide bonds. The molecule has 3 rings (SSSR count). The minimum Gasteiger partial charge on any atom is -0.481 e. The molecule has 1 aliphatic rings. The standard InChI is InChI=1S/C19H19NO4S/c1-12-6-7-15-14(9-12)20(11-19(2,3)18(22)23)17(21)16(24-15)10-13-5-4-8-25-13/h4-10H,11H2,1-3H3,(H,22,23)/b16-10+. The Hall–Kier alpha value is -2.60. The van der Waals surface area contributed by atoms with E-state index in [2.05, 4.69) is 0 Å². The van der Waals surface area contributed by atoms with Gasteiger partial charge in [0.15, 0.2) is 11.5 Å². The zero-order valence-electron chi connectivity index (χ0n) is 14.3. The number of carbonyl (C=O) groups excluding carboxylic acids is 1. The third-order valence-corrected chi connectivity index (χ3v) is 4.85. The minimum atomic E-state index is -1.08. The quantitative estimate of drug-likeness (QED) is 0.842. The highest BCUT2D eigenvalue weighted by Crippen LogP contribution is 2.38. The summed E-state index contributed by atoms with van der Waals surface area (Å²) in [4.78, 5) is 26.9. The van der Waals surface area contributed by atoms with E-state index < -0.39 is 11.4 Å². The summed E-state index contributed by atoms with van der Waals surface area (Å²) < 4.78 is 5.81. The summed E-state index contributed by atoms with van der Waals surface area (Å²) in [5.41, 5.74) is 0.490. The number of ether oxygens (including phenoxy) is 1. The zero-order valence-corrected chi connectivity index (χ0v) is 15.1. The Morgan fingerprint density at radius 2 is 2.12 bits per heavy atom. The Kier molecular flexibility index (Phi) is 4.39. The molecule has 25 heavy (non-hydrogen) atoms. The van der Waals surface area contributed by atoms with Crippen molar-refractivity contribution in [2.24, 2.45) is 5.41 Å². The average molecular weight is 357 g/mol. The van der Waals surface area contributed by atoms with Crippen molar-refractivity contribution < 1.29 is 19.4 Å². The number of carboxylic acid groups (broad SMARTS) is 1. The highest BCUT2D eigenvalue weighted by Gasteiger charge is 2.37. The van der Waals surface area contributed by atoms with Crippen LogP contribution in [-0.4, -0.2) is 23.5 Å². The number of hydrogen-bond donors (Lipinski definition) is 1. The predicted molar refractivity (Wildman–Crippen MR) is 97.9 cm³/mol. The van der Waals surface area contributed by atoms with Crippen molar-refractivity contribution in [3.05, 3.63) is 51.9 Å². The van der Waals surface area contributed by atoms with Gasteiger partial charge in [-0.1, -0.05) is 12.1 Å². The van der Waals surface area contributed by atoms with Gasteiger partial charge in [-0.2, -0.15) is 0 Å². The number of carbonyl (C=O) groups is 2. The van der Waals surface area contributed by atoms with E-state index in [4.69, 9.17) is 4.74 Å². The molecule has 0 fully saturated rings. The van der Waals surface area contributed by atoms with Crippen LogP contribution in [0.15, 0.2) is 41.5 Å². The highest BCUT2D eigenvalue weighted by molar-refractivity contribution is 7.10. The fraction of sp³-hybridized carbons (Fsp3) is 0.263. The van der Waals surface area contributed by atoms with E-state index in [1.165, 1.54) is 16.2 Å². The van der Waals surface area contributed by atoms with E-state index in [1.807, 2.05) is 36.6 Å². The van der Waals surface area contributed by atoms with Crippen LogP contribution in [0, 0.1) is 12.3 Å². The van der Waals surface area contributed by atoms with E-state index in [9.17, 15) is 14.7 Å². The van der Waals surface area contributed by atoms with E-state index in [1.54, 1.807) is 26.0 Å². The summed E-state index contributed by atoms with van der Waals surface area (Å²) >= 11 is 1.50. The van der Waals surface area contributed by atoms with Crippen LogP contribution in [-0.2, 0) is 9.59 Å². The average Bonchev–Trinajstić information content (AvgIpc) is 3.05. The Labute approximate surface area is 150 Å². The lowest BCUT2D eigenvalue weighted by atomic mass is 9.92. The molecule has 1 aliphatic heterocycles. The van der Waals surface area contributed by atoms with Crippen LogP contribution in [0.2, 0.25) is 0 Å². The number of fused-ring (bicyclic) bond motifs is 1. The van der Waals surface area contributed by atoms with Crippen LogP contribution in [0.1, 0.15) is 24.3 Å². The summed E-state index contributed by atoms with van der Waals surface area (Å²) in [7, 11) is 0. The van der Waals surface area contributed by atoms with Crippen LogP contribution in [0.25, 0.3) is 6.08 Å². The number of aryl methyl sites for hydroxylation is 1. The topological polar surface area (TPSA) is 66.8 Å². The summed E-state index contributed by atoms with van der Waals surface area (Å²) in [5.74, 6) is -0.542. The van der Waals surface area contributed by atoms with Crippen molar-refractivity contribution in [3.8, 4) is 5.75 Å². The summed E-state index contributed by atoms with van der Waals surface area (Å²) in [5, 5.41) is 11.4. The summed E-state index contributed by atoms with van der Waals surface area (Å²) in [6, 6.07) is 9.34. The van der Waals surface area contributed by atoms with Crippen LogP contribution in [0.3, 0.4) is 0 Å². The van der Waals surface area contributed by atoms with Crippen molar-refractivity contribution in [3.63, 3.8) is 0 Å². The van der Waals surface area contributed by atoms with Crippen LogP contribution < -0.4 is 9.64 Å². The van der Waals surface area contributed by atoms with Gasteiger partial charge in [0.1, 0.15) is 0 Å². The maximum Gasteiger partial charge on any atom is 0.310 e. The second kappa shape index (κ2) is 6.37. The van der Waals surface area contributed by atoms with Gasteiger partial charge >= 0.3 is 5.97 Å². The number of aliphatic carboxylic acids is 1. The number of carboxylic acids is 1. The van der Waals surface area contributed by atoms with E-state index in [0.29, 0.717) is 11.4 Å². The number of hydrogen-bond acceptors (Lipinski definition) is 4. The lowest BCUT2D eigenvalue weighted by Gasteiger charge is -2.34. The molecule has 0 aliphatic carbocycles. The molecule has 1 aromatic carbocycles. The number of benzene rings is 1. The molecule has 0 bridgehead atoms. The molecular weight excluding hydrogens is 338 g/mol. The molecule has 130 valence electrons. The first-order chi connectivity index (χ1) is 11.8. The Bertz CT molecular complexity index is 852. The van der Waals surface area contributed by atoms with Gasteiger partial charge in [-0.05, 0) is 49.9 Å². The third kappa shape index (κ3) is 3.44. The number of thiophene rings is 1. The van der Waals surface area contributed by atoms with Gasteiger partial charge in [-0.15, -0.1) is 11.3 Å². The highest BCUT2D eigenvalue weighted by atomic mass is 32.1. The van der Waals surface area contributed by atoms with Gasteiger partial charge in [0, 0.05) is 17.5 Å². The zero-order chi connectivity index (χ0) is 18.2. The molecule has 0 spiro atoms. The van der Waals surface area contributed by atoms with Gasteiger partial charge in [-0.3, -0.25) is 9.59 Å². The van der Waals surface area contributed by atoms with Crippen molar-refractivity contribution >= 4 is 35.0 Å². The number of nitrogens with zero attached hydrogens (tertiary/aromatic N) is 1. The molecule has 6 heteroatoms. The third-order valence-electron chi connectivity index (χ3n) is 4.03. The minimum absolute atomic E-state index is 0.0583. The molecule has 0 saturated heterocycles. The van der Waals surface area contributed by atoms with E-state index in [0.717, 1.165) is 10.4 Å². The Morgan fingerprint density at radius 1 is 1.36 bits per heavy atom. The monoisotopic (exact) mass is 357 g/mol. The first-order valence-electron chi connectivity index (χ1n) is 7.87. The van der Waals surface area contributed by atoms with E-state index >= 15 is 0 Å². The maximum absolute atomic E-state index is 13.0. The first-order valence-corrected chi connectivity index (χ1v) is 8.75. The molecule has 0 atom stereocenters. The molecule has 2 aromatic rings. The van der Waals surface area contributed by atoms with Gasteiger partial charge in [0.05, 0.1) is 11.1 Å². The van der Waals surface area contributed by atoms with Crippen LogP contribution in [0.5, 0.6) is 5.75 Å². The SMILES string of the molecule is Cc1ccc2c(c1)N(CC(C)(C)C(=O)O)C(=O)/C(=C\c1cccs1)O2. The molecule has 1 N–H and O–H groups in total. The largest absolute Gasteiger partial charge is 0.481 e. The molecule has 0 saturated carbocycles. The Balaban J connectivity index is 2.06. The predicted octanol–water partition coefficient (Wildman–Crippen LogP) is 3.93. The number of anilines is 1. The lowest BCUT2D eigenvalue weighted by molar-refractivity contribution is -0.146. The van der Waals surface area contributed by atoms with Crippen LogP contribution >= 0.6 is 11.3 Å². The molecular formula is C19H19NO4S. The second-order valence-electron chi connectivity index (χ2n) is 6.68. The van der Waals surface area contributed by atoms with Crippen LogP contribution in [0.4, 0.5) is 5.69 Å². The smallest absolute Gasteiger partial charge is 0.310 e. The maximum atomic E-state index is 13.0. The summed E-state index contributed by atoms with van der Waals surface area (Å²) in [6.45, 7) is 5.19. The van der Waals surface area contributed by atoms with Crippen molar-refractivity contribution in [2.75, 3.05) is 11.4 Å². The molecule has 2 heterocycles. The van der Waals surface area contributed by atoms with Crippen molar-refractivity contribution in [1.29, 1.82) is 0 Å². The number of amides is 1. The molecule has 0 radical (unpaired) electrons. The van der Waals surface area contributed by atoms with Crippen molar-refractivity contribution in [1.82, 2.24) is 0 Å². The molecule has 0 unspecified atom stereocenters. The first kappa shape index (κ1) is 17.2. The van der Waals surface area contributed by atoms with Crippen molar-refractivity contribution in [2.45, 2.75) is 20.8 Å². The fourth-order valence-electron chi connectivity index (χ4n) is 2.54. The Morgan fingerprint density at radius 3 is 2.76 bits per heavy atom. The molecule has 1 aromatic heterocycles. The summed E-state index contributed by atoms with van der Waals surface area (Å²) in [6.07, 6.45) is 1.69. The fourth-order valence-corrected chi connectivity index (χ4v) is 3.19. The molecule has 5 nitrogen and oxygen atoms in total.